The van der Waals surface area contributed by atoms with Gasteiger partial charge in [0.05, 0.1) is 6.33 Å². The van der Waals surface area contributed by atoms with Gasteiger partial charge in [0.2, 0.25) is 0 Å². The second-order valence-electron chi connectivity index (χ2n) is 1.10. The van der Waals surface area contributed by atoms with Crippen LogP contribution in [0, 0.1) is 6.92 Å². The molecule has 0 saturated carbocycles. The normalized spacial score (nSPS) is 10.0. The van der Waals surface area contributed by atoms with E-state index in [1.165, 1.54) is 0 Å². The number of hydrogen-bond donors (Lipinski definition) is 0. The minimum atomic E-state index is -0.270. The van der Waals surface area contributed by atoms with Crippen LogP contribution in [0.1, 0.15) is 6.42 Å². The van der Waals surface area contributed by atoms with Crippen molar-refractivity contribution in [3.8, 4) is 0 Å². The van der Waals surface area contributed by atoms with Gasteiger partial charge in [-0.15, -0.1) is 0 Å². The first-order valence-corrected chi connectivity index (χ1v) is 1.87. The van der Waals surface area contributed by atoms with E-state index in [4.69, 9.17) is 0 Å². The Bertz CT molecular complexity index is 86.1. The van der Waals surface area contributed by atoms with Crippen LogP contribution in [0.5, 0.6) is 0 Å². The van der Waals surface area contributed by atoms with E-state index in [2.05, 4.69) is 6.92 Å². The molecule has 0 aliphatic carbocycles. The molecule has 0 atom stereocenters. The van der Waals surface area contributed by atoms with Crippen LogP contribution in [0.2, 0.25) is 0 Å². The third-order valence-electron chi connectivity index (χ3n) is 0.435. The Labute approximate surface area is 41.8 Å². The topological polar surface area (TPSA) is 17.1 Å². The summed E-state index contributed by atoms with van der Waals surface area (Å²) in [5, 5.41) is 0. The Hall–Kier alpha value is -0.660. The second-order valence-corrected chi connectivity index (χ2v) is 1.10. The van der Waals surface area contributed by atoms with E-state index in [9.17, 15) is 9.18 Å². The Morgan fingerprint density at radius 1 is 1.86 bits per heavy atom. The summed E-state index contributed by atoms with van der Waals surface area (Å²) in [4.78, 5) is 9.87. The van der Waals surface area contributed by atoms with Crippen LogP contribution in [-0.2, 0) is 4.79 Å². The van der Waals surface area contributed by atoms with Crippen LogP contribution < -0.4 is 0 Å². The van der Waals surface area contributed by atoms with Crippen molar-refractivity contribution in [1.82, 2.24) is 0 Å². The number of rotatable bonds is 2. The van der Waals surface area contributed by atoms with Gasteiger partial charge in [0.25, 0.3) is 0 Å². The predicted molar refractivity (Wildman–Crippen MR) is 25.2 cm³/mol. The molecule has 1 nitrogen and oxygen atoms in total. The van der Waals surface area contributed by atoms with Crippen LogP contribution in [-0.4, -0.2) is 5.78 Å². The van der Waals surface area contributed by atoms with Gasteiger partial charge in [-0.1, -0.05) is 0 Å². The van der Waals surface area contributed by atoms with Crippen LogP contribution in [0.15, 0.2) is 12.4 Å². The highest BCUT2D eigenvalue weighted by atomic mass is 19.1. The van der Waals surface area contributed by atoms with Crippen molar-refractivity contribution in [3.63, 3.8) is 0 Å². The molecule has 0 aliphatic rings. The average Bonchev–Trinajstić information content (AvgIpc) is 1.61. The molecule has 39 valence electrons. The molecular weight excluding hydrogens is 95.1 g/mol. The van der Waals surface area contributed by atoms with Gasteiger partial charge in [0.1, 0.15) is 5.78 Å². The lowest BCUT2D eigenvalue weighted by Gasteiger charge is -1.76. The first-order chi connectivity index (χ1) is 3.27. The molecule has 0 amide bonds. The van der Waals surface area contributed by atoms with Gasteiger partial charge in [0.15, 0.2) is 0 Å². The van der Waals surface area contributed by atoms with E-state index in [1.54, 1.807) is 0 Å². The number of halogens is 1. The van der Waals surface area contributed by atoms with Gasteiger partial charge in [-0.3, -0.25) is 4.79 Å². The largest absolute Gasteiger partial charge is 0.299 e. The molecule has 0 spiro atoms. The monoisotopic (exact) mass is 101 g/mol. The quantitative estimate of drug-likeness (QED) is 0.511. The SMILES string of the molecule is [CH2]C(=O)CC=CF. The molecule has 0 N–H and O–H groups in total. The Morgan fingerprint density at radius 3 is 2.57 bits per heavy atom. The smallest absolute Gasteiger partial charge is 0.137 e. The molecule has 0 aromatic heterocycles. The van der Waals surface area contributed by atoms with E-state index < -0.39 is 0 Å². The molecule has 7 heavy (non-hydrogen) atoms. The van der Waals surface area contributed by atoms with Crippen LogP contribution >= 0.6 is 0 Å². The maximum atomic E-state index is 11.0. The number of Topliss-reactive ketones (excluding diaryl/α,β-unsaturated/α-hetero) is 1. The molecule has 0 heterocycles. The summed E-state index contributed by atoms with van der Waals surface area (Å²) in [6, 6.07) is 0. The molecule has 0 unspecified atom stereocenters. The maximum Gasteiger partial charge on any atom is 0.137 e. The minimum absolute atomic E-state index is 0.0938. The number of carbonyl (C=O) groups is 1. The minimum Gasteiger partial charge on any atom is -0.299 e. The summed E-state index contributed by atoms with van der Waals surface area (Å²) in [6.07, 6.45) is 1.55. The van der Waals surface area contributed by atoms with E-state index >= 15 is 0 Å². The van der Waals surface area contributed by atoms with Gasteiger partial charge in [-0.25, -0.2) is 4.39 Å². The summed E-state index contributed by atoms with van der Waals surface area (Å²) in [6.45, 7) is 3.02. The first-order valence-electron chi connectivity index (χ1n) is 1.87. The number of carbonyl (C=O) groups excluding carboxylic acids is 1. The van der Waals surface area contributed by atoms with Crippen molar-refractivity contribution in [3.05, 3.63) is 19.3 Å². The highest BCUT2D eigenvalue weighted by molar-refractivity contribution is 5.83. The zero-order valence-electron chi connectivity index (χ0n) is 3.86. The molecule has 0 aliphatic heterocycles. The van der Waals surface area contributed by atoms with E-state index in [0.717, 1.165) is 6.08 Å². The third kappa shape index (κ3) is 5.34. The zero-order chi connectivity index (χ0) is 5.70. The summed E-state index contributed by atoms with van der Waals surface area (Å²) in [5.74, 6) is -0.270. The van der Waals surface area contributed by atoms with Gasteiger partial charge >= 0.3 is 0 Å². The Kier molecular flexibility index (Phi) is 3.19. The summed E-state index contributed by atoms with van der Waals surface area (Å²) >= 11 is 0. The molecule has 0 saturated heterocycles. The van der Waals surface area contributed by atoms with Crippen molar-refractivity contribution in [1.29, 1.82) is 0 Å². The summed E-state index contributed by atoms with van der Waals surface area (Å²) < 4.78 is 11.0. The van der Waals surface area contributed by atoms with E-state index in [0.29, 0.717) is 6.33 Å². The van der Waals surface area contributed by atoms with Crippen molar-refractivity contribution in [2.24, 2.45) is 0 Å². The summed E-state index contributed by atoms with van der Waals surface area (Å²) in [7, 11) is 0. The fourth-order valence-corrected chi connectivity index (χ4v) is 0.176. The van der Waals surface area contributed by atoms with Crippen molar-refractivity contribution < 1.29 is 9.18 Å². The van der Waals surface area contributed by atoms with E-state index in [1.807, 2.05) is 0 Å². The van der Waals surface area contributed by atoms with Gasteiger partial charge in [-0.2, -0.15) is 0 Å². The van der Waals surface area contributed by atoms with Crippen molar-refractivity contribution in [2.75, 3.05) is 0 Å². The van der Waals surface area contributed by atoms with Crippen LogP contribution in [0.25, 0.3) is 0 Å². The zero-order valence-corrected chi connectivity index (χ0v) is 3.86. The predicted octanol–water partition coefficient (Wildman–Crippen LogP) is 1.26. The highest BCUT2D eigenvalue weighted by Gasteiger charge is 1.82. The molecule has 2 heteroatoms. The molecule has 0 aromatic rings. The van der Waals surface area contributed by atoms with Crippen LogP contribution in [0.4, 0.5) is 4.39 Å². The second kappa shape index (κ2) is 3.53. The average molecular weight is 101 g/mol. The summed E-state index contributed by atoms with van der Waals surface area (Å²) in [5.41, 5.74) is 0. The lowest BCUT2D eigenvalue weighted by molar-refractivity contribution is -0.114. The van der Waals surface area contributed by atoms with Gasteiger partial charge in [0, 0.05) is 13.3 Å². The number of ketones is 1. The maximum absolute atomic E-state index is 11.0. The standard InChI is InChI=1S/C5H6FO/c1-5(7)3-2-4-6/h2,4H,1,3H2. The Balaban J connectivity index is 3.14. The van der Waals surface area contributed by atoms with Crippen LogP contribution in [0.3, 0.4) is 0 Å². The van der Waals surface area contributed by atoms with Crippen molar-refractivity contribution >= 4 is 5.78 Å². The van der Waals surface area contributed by atoms with E-state index in [-0.39, 0.29) is 12.2 Å². The lowest BCUT2D eigenvalue weighted by Crippen LogP contribution is -1.83. The Morgan fingerprint density at radius 2 is 2.43 bits per heavy atom. The molecule has 1 radical (unpaired) electrons. The fraction of sp³-hybridized carbons (Fsp3) is 0.200. The van der Waals surface area contributed by atoms with Gasteiger partial charge < -0.3 is 0 Å². The molecule has 0 fully saturated rings. The fourth-order valence-electron chi connectivity index (χ4n) is 0.176. The highest BCUT2D eigenvalue weighted by Crippen LogP contribution is 1.82. The molecule has 0 bridgehead atoms. The molecule has 0 aromatic carbocycles. The third-order valence-corrected chi connectivity index (χ3v) is 0.435. The van der Waals surface area contributed by atoms with Crippen molar-refractivity contribution in [2.45, 2.75) is 6.42 Å². The molecular formula is C5H6FO. The van der Waals surface area contributed by atoms with Gasteiger partial charge in [-0.05, 0) is 6.08 Å². The molecule has 0 rings (SSSR count). The number of allylic oxidation sites excluding steroid dienone is 1. The lowest BCUT2D eigenvalue weighted by atomic mass is 10.3. The first kappa shape index (κ1) is 6.34. The number of hydrogen-bond acceptors (Lipinski definition) is 1.